The molecule has 0 saturated carbocycles. The molecule has 3 nitrogen and oxygen atoms in total. The van der Waals surface area contributed by atoms with Gasteiger partial charge in [0.05, 0.1) is 5.69 Å². The summed E-state index contributed by atoms with van der Waals surface area (Å²) in [5, 5.41) is 3.30. The van der Waals surface area contributed by atoms with Gasteiger partial charge in [0.1, 0.15) is 6.04 Å². The molecule has 1 amide bonds. The van der Waals surface area contributed by atoms with Gasteiger partial charge < -0.3 is 10.2 Å². The predicted octanol–water partition coefficient (Wildman–Crippen LogP) is 3.94. The van der Waals surface area contributed by atoms with Crippen molar-refractivity contribution in [3.63, 3.8) is 0 Å². The Hall–Kier alpha value is -0.550. The first-order valence-electron chi connectivity index (χ1n) is 6.50. The van der Waals surface area contributed by atoms with Crippen molar-refractivity contribution in [3.05, 3.63) is 26.6 Å². The maximum Gasteiger partial charge on any atom is 0.244 e. The Labute approximate surface area is 131 Å². The molecule has 1 fully saturated rings. The largest absolute Gasteiger partial charge is 0.372 e. The highest BCUT2D eigenvalue weighted by Crippen LogP contribution is 2.33. The molecule has 1 aromatic carbocycles. The Bertz CT molecular complexity index is 461. The number of benzene rings is 1. The highest BCUT2D eigenvalue weighted by Gasteiger charge is 2.24. The van der Waals surface area contributed by atoms with Crippen LogP contribution in [0.1, 0.15) is 25.3 Å². The molecule has 1 heterocycles. The van der Waals surface area contributed by atoms with Crippen LogP contribution in [-0.4, -0.2) is 29.9 Å². The van der Waals surface area contributed by atoms with Gasteiger partial charge in [0.2, 0.25) is 5.91 Å². The summed E-state index contributed by atoms with van der Waals surface area (Å²) in [5.74, 6) is 0.178. The third kappa shape index (κ3) is 3.51. The average Bonchev–Trinajstić information content (AvgIpc) is 2.86. The van der Waals surface area contributed by atoms with Crippen molar-refractivity contribution in [2.24, 2.45) is 0 Å². The molecule has 0 spiro atoms. The lowest BCUT2D eigenvalue weighted by Crippen LogP contribution is -2.39. The van der Waals surface area contributed by atoms with Gasteiger partial charge in [0, 0.05) is 22.0 Å². The minimum absolute atomic E-state index is 0.178. The first-order chi connectivity index (χ1) is 8.99. The zero-order valence-corrected chi connectivity index (χ0v) is 14.3. The van der Waals surface area contributed by atoms with Gasteiger partial charge in [0.15, 0.2) is 0 Å². The number of hydrogen-bond acceptors (Lipinski definition) is 2. The number of aryl methyl sites for hydroxylation is 1. The molecule has 2 rings (SSSR count). The number of carbonyl (C=O) groups is 1. The topological polar surface area (TPSA) is 32.3 Å². The lowest BCUT2D eigenvalue weighted by atomic mass is 10.2. The van der Waals surface area contributed by atoms with E-state index >= 15 is 0 Å². The molecule has 1 atom stereocenters. The molecule has 1 aliphatic rings. The van der Waals surface area contributed by atoms with Crippen LogP contribution in [0.5, 0.6) is 0 Å². The van der Waals surface area contributed by atoms with Crippen molar-refractivity contribution in [2.45, 2.75) is 32.7 Å². The third-order valence-corrected chi connectivity index (χ3v) is 4.59. The predicted molar refractivity (Wildman–Crippen MR) is 85.5 cm³/mol. The number of anilines is 1. The Morgan fingerprint density at radius 3 is 2.32 bits per heavy atom. The number of likely N-dealkylation sites (tertiary alicyclic amines) is 1. The minimum atomic E-state index is -0.214. The summed E-state index contributed by atoms with van der Waals surface area (Å²) in [7, 11) is 0. The molecule has 1 saturated heterocycles. The standard InChI is InChI=1S/C14H18Br2N2O/c1-9-7-11(15)13(12(16)8-9)17-10(2)14(19)18-5-3-4-6-18/h7-8,10,17H,3-6H2,1-2H3. The molecule has 0 aromatic heterocycles. The molecular formula is C14H18Br2N2O. The SMILES string of the molecule is Cc1cc(Br)c(NC(C)C(=O)N2CCCC2)c(Br)c1. The van der Waals surface area contributed by atoms with Crippen molar-refractivity contribution in [1.29, 1.82) is 0 Å². The van der Waals surface area contributed by atoms with Gasteiger partial charge in [-0.05, 0) is 76.2 Å². The van der Waals surface area contributed by atoms with Gasteiger partial charge in [-0.1, -0.05) is 0 Å². The maximum atomic E-state index is 12.3. The monoisotopic (exact) mass is 388 g/mol. The Morgan fingerprint density at radius 1 is 1.26 bits per heavy atom. The van der Waals surface area contributed by atoms with Crippen LogP contribution in [0.15, 0.2) is 21.1 Å². The van der Waals surface area contributed by atoms with Crippen LogP contribution in [0.3, 0.4) is 0 Å². The summed E-state index contributed by atoms with van der Waals surface area (Å²) in [6.45, 7) is 5.74. The number of nitrogens with zero attached hydrogens (tertiary/aromatic N) is 1. The van der Waals surface area contributed by atoms with E-state index in [1.54, 1.807) is 0 Å². The average molecular weight is 390 g/mol. The molecule has 0 radical (unpaired) electrons. The number of carbonyl (C=O) groups excluding carboxylic acids is 1. The third-order valence-electron chi connectivity index (χ3n) is 3.34. The highest BCUT2D eigenvalue weighted by molar-refractivity contribution is 9.11. The van der Waals surface area contributed by atoms with E-state index in [-0.39, 0.29) is 11.9 Å². The molecule has 1 aromatic rings. The summed E-state index contributed by atoms with van der Waals surface area (Å²) in [6, 6.07) is 3.87. The summed E-state index contributed by atoms with van der Waals surface area (Å²) >= 11 is 7.08. The lowest BCUT2D eigenvalue weighted by molar-refractivity contribution is -0.130. The zero-order chi connectivity index (χ0) is 14.0. The molecule has 19 heavy (non-hydrogen) atoms. The Kier molecular flexibility index (Phi) is 4.90. The van der Waals surface area contributed by atoms with E-state index in [0.717, 1.165) is 40.6 Å². The van der Waals surface area contributed by atoms with Gasteiger partial charge in [-0.15, -0.1) is 0 Å². The van der Waals surface area contributed by atoms with Gasteiger partial charge in [0.25, 0.3) is 0 Å². The van der Waals surface area contributed by atoms with E-state index in [2.05, 4.69) is 37.2 Å². The molecule has 1 unspecified atom stereocenters. The van der Waals surface area contributed by atoms with Gasteiger partial charge >= 0.3 is 0 Å². The molecule has 5 heteroatoms. The molecule has 0 aliphatic carbocycles. The van der Waals surface area contributed by atoms with Crippen LogP contribution < -0.4 is 5.32 Å². The quantitative estimate of drug-likeness (QED) is 0.848. The highest BCUT2D eigenvalue weighted by atomic mass is 79.9. The first kappa shape index (κ1) is 14.9. The molecule has 0 bridgehead atoms. The number of hydrogen-bond donors (Lipinski definition) is 1. The lowest BCUT2D eigenvalue weighted by Gasteiger charge is -2.23. The van der Waals surface area contributed by atoms with Crippen LogP contribution >= 0.6 is 31.9 Å². The van der Waals surface area contributed by atoms with Crippen LogP contribution in [0, 0.1) is 6.92 Å². The Balaban J connectivity index is 2.10. The number of halogens is 2. The van der Waals surface area contributed by atoms with Gasteiger partial charge in [-0.25, -0.2) is 0 Å². The van der Waals surface area contributed by atoms with E-state index in [0.29, 0.717) is 0 Å². The van der Waals surface area contributed by atoms with E-state index in [4.69, 9.17) is 0 Å². The second-order valence-electron chi connectivity index (χ2n) is 5.00. The Morgan fingerprint density at radius 2 is 1.79 bits per heavy atom. The summed E-state index contributed by atoms with van der Waals surface area (Å²) in [5.41, 5.74) is 2.11. The number of rotatable bonds is 3. The summed E-state index contributed by atoms with van der Waals surface area (Å²) in [4.78, 5) is 14.2. The normalized spacial score (nSPS) is 16.5. The van der Waals surface area contributed by atoms with Crippen molar-refractivity contribution < 1.29 is 4.79 Å². The van der Waals surface area contributed by atoms with Gasteiger partial charge in [-0.2, -0.15) is 0 Å². The zero-order valence-electron chi connectivity index (χ0n) is 11.2. The van der Waals surface area contributed by atoms with E-state index in [1.807, 2.05) is 30.9 Å². The van der Waals surface area contributed by atoms with Crippen molar-refractivity contribution in [1.82, 2.24) is 4.90 Å². The van der Waals surface area contributed by atoms with Crippen LogP contribution in [0.25, 0.3) is 0 Å². The molecular weight excluding hydrogens is 372 g/mol. The fourth-order valence-electron chi connectivity index (χ4n) is 2.33. The smallest absolute Gasteiger partial charge is 0.244 e. The van der Waals surface area contributed by atoms with Crippen molar-refractivity contribution >= 4 is 43.5 Å². The second-order valence-corrected chi connectivity index (χ2v) is 6.71. The summed E-state index contributed by atoms with van der Waals surface area (Å²) in [6.07, 6.45) is 2.24. The van der Waals surface area contributed by atoms with Gasteiger partial charge in [-0.3, -0.25) is 4.79 Å². The maximum absolute atomic E-state index is 12.3. The minimum Gasteiger partial charge on any atom is -0.372 e. The number of nitrogens with one attached hydrogen (secondary N) is 1. The van der Waals surface area contributed by atoms with Crippen molar-refractivity contribution in [2.75, 3.05) is 18.4 Å². The van der Waals surface area contributed by atoms with Crippen LogP contribution in [-0.2, 0) is 4.79 Å². The van der Waals surface area contributed by atoms with E-state index < -0.39 is 0 Å². The first-order valence-corrected chi connectivity index (χ1v) is 8.08. The molecule has 1 aliphatic heterocycles. The van der Waals surface area contributed by atoms with E-state index in [1.165, 1.54) is 5.56 Å². The fourth-order valence-corrected chi connectivity index (χ4v) is 3.97. The second kappa shape index (κ2) is 6.27. The van der Waals surface area contributed by atoms with Crippen LogP contribution in [0.2, 0.25) is 0 Å². The van der Waals surface area contributed by atoms with E-state index in [9.17, 15) is 4.79 Å². The number of amides is 1. The summed E-state index contributed by atoms with van der Waals surface area (Å²) < 4.78 is 1.95. The van der Waals surface area contributed by atoms with Crippen LogP contribution in [0.4, 0.5) is 5.69 Å². The molecule has 104 valence electrons. The van der Waals surface area contributed by atoms with Crippen molar-refractivity contribution in [3.8, 4) is 0 Å². The molecule has 1 N–H and O–H groups in total. The fraction of sp³-hybridized carbons (Fsp3) is 0.500.